The summed E-state index contributed by atoms with van der Waals surface area (Å²) in [5.74, 6) is 0.330. The molecule has 0 saturated heterocycles. The first kappa shape index (κ1) is 30.2. The Morgan fingerprint density at radius 1 is 1.08 bits per heavy atom. The second-order valence-corrected chi connectivity index (χ2v) is 13.5. The largest absolute Gasteiger partial charge is 0.417 e. The Hall–Kier alpha value is -2.33. The average Bonchev–Trinajstić information content (AvgIpc) is 3.11. The van der Waals surface area contributed by atoms with E-state index in [1.807, 2.05) is 25.3 Å². The van der Waals surface area contributed by atoms with Crippen LogP contribution in [0, 0.1) is 18.8 Å². The molecule has 6 nitrogen and oxygen atoms in total. The highest BCUT2D eigenvalue weighted by molar-refractivity contribution is 7.89. The van der Waals surface area contributed by atoms with Crippen LogP contribution < -0.4 is 10.0 Å². The zero-order chi connectivity index (χ0) is 28.5. The Morgan fingerprint density at radius 2 is 1.71 bits per heavy atom. The smallest absolute Gasteiger partial charge is 0.352 e. The van der Waals surface area contributed by atoms with Gasteiger partial charge in [-0.25, -0.2) is 13.1 Å². The van der Waals surface area contributed by atoms with Gasteiger partial charge >= 0.3 is 6.18 Å². The third-order valence-electron chi connectivity index (χ3n) is 6.76. The van der Waals surface area contributed by atoms with E-state index in [9.17, 15) is 26.4 Å². The van der Waals surface area contributed by atoms with Crippen molar-refractivity contribution in [1.82, 2.24) is 14.6 Å². The van der Waals surface area contributed by atoms with Crippen molar-refractivity contribution in [2.24, 2.45) is 11.8 Å². The van der Waals surface area contributed by atoms with Gasteiger partial charge in [0.15, 0.2) is 0 Å². The molecule has 0 aliphatic heterocycles. The van der Waals surface area contributed by atoms with Gasteiger partial charge in [0.05, 0.1) is 16.0 Å². The zero-order valence-electron chi connectivity index (χ0n) is 23.1. The van der Waals surface area contributed by atoms with E-state index in [4.69, 9.17) is 0 Å². The number of hydrogen-bond donors (Lipinski definition) is 2. The van der Waals surface area contributed by atoms with Gasteiger partial charge in [0.1, 0.15) is 0 Å². The van der Waals surface area contributed by atoms with E-state index in [-0.39, 0.29) is 17.4 Å². The highest BCUT2D eigenvalue weighted by Gasteiger charge is 2.39. The Labute approximate surface area is 224 Å². The van der Waals surface area contributed by atoms with Crippen LogP contribution in [0.5, 0.6) is 0 Å². The van der Waals surface area contributed by atoms with Gasteiger partial charge in [-0.15, -0.1) is 0 Å². The second kappa shape index (κ2) is 11.4. The third-order valence-corrected chi connectivity index (χ3v) is 8.57. The Balaban J connectivity index is 2.15. The van der Waals surface area contributed by atoms with Crippen LogP contribution >= 0.6 is 0 Å². The number of aromatic nitrogens is 1. The van der Waals surface area contributed by atoms with Crippen LogP contribution in [0.3, 0.4) is 0 Å². The number of alkyl halides is 3. The van der Waals surface area contributed by atoms with Gasteiger partial charge in [-0.2, -0.15) is 13.2 Å². The number of hydrogen-bond acceptors (Lipinski definition) is 3. The number of carbonyl (C=O) groups excluding carboxylic acids is 1. The van der Waals surface area contributed by atoms with Crippen LogP contribution in [0.25, 0.3) is 11.3 Å². The molecule has 1 saturated carbocycles. The van der Waals surface area contributed by atoms with Crippen molar-refractivity contribution in [2.75, 3.05) is 6.54 Å². The first-order valence-corrected chi connectivity index (χ1v) is 14.7. The molecule has 3 rings (SSSR count). The first-order valence-electron chi connectivity index (χ1n) is 13.2. The fraction of sp³-hybridized carbons (Fsp3) is 0.607. The van der Waals surface area contributed by atoms with Crippen molar-refractivity contribution in [2.45, 2.75) is 96.8 Å². The van der Waals surface area contributed by atoms with Gasteiger partial charge in [0, 0.05) is 30.0 Å². The number of amides is 1. The Bertz CT molecular complexity index is 1250. The predicted molar refractivity (Wildman–Crippen MR) is 143 cm³/mol. The summed E-state index contributed by atoms with van der Waals surface area (Å²) in [6, 6.07) is 4.93. The maximum absolute atomic E-state index is 14.2. The summed E-state index contributed by atoms with van der Waals surface area (Å²) in [4.78, 5) is 12.2. The average molecular weight is 556 g/mol. The topological polar surface area (TPSA) is 80.2 Å². The SMILES string of the molecule is Cc1c(C(=O)NCC(C)C)cc(-c2ccc(S(=O)(=O)NC(C)(C)C)c(C(F)(F)F)c2)n1CC1CCCCC1. The van der Waals surface area contributed by atoms with Crippen molar-refractivity contribution >= 4 is 15.9 Å². The molecule has 1 heterocycles. The second-order valence-electron chi connectivity index (χ2n) is 11.8. The molecule has 0 radical (unpaired) electrons. The van der Waals surface area contributed by atoms with E-state index in [2.05, 4.69) is 10.0 Å². The predicted octanol–water partition coefficient (Wildman–Crippen LogP) is 6.53. The fourth-order valence-corrected chi connectivity index (χ4v) is 6.60. The molecule has 1 fully saturated rings. The minimum Gasteiger partial charge on any atom is -0.352 e. The molecular weight excluding hydrogens is 515 g/mol. The van der Waals surface area contributed by atoms with Crippen molar-refractivity contribution in [3.63, 3.8) is 0 Å². The summed E-state index contributed by atoms with van der Waals surface area (Å²) in [5.41, 5.74) is -0.400. The minimum absolute atomic E-state index is 0.217. The molecule has 2 aromatic rings. The summed E-state index contributed by atoms with van der Waals surface area (Å²) in [6.45, 7) is 11.5. The van der Waals surface area contributed by atoms with Gasteiger partial charge < -0.3 is 9.88 Å². The lowest BCUT2D eigenvalue weighted by Crippen LogP contribution is -2.41. The monoisotopic (exact) mass is 555 g/mol. The summed E-state index contributed by atoms with van der Waals surface area (Å²) in [6.07, 6.45) is 0.529. The van der Waals surface area contributed by atoms with E-state index < -0.39 is 32.2 Å². The van der Waals surface area contributed by atoms with Crippen LogP contribution in [0.2, 0.25) is 0 Å². The van der Waals surface area contributed by atoms with Gasteiger partial charge in [-0.1, -0.05) is 39.2 Å². The van der Waals surface area contributed by atoms with E-state index >= 15 is 0 Å². The molecule has 1 aliphatic carbocycles. The normalized spacial score (nSPS) is 15.7. The Kier molecular flexibility index (Phi) is 9.08. The van der Waals surface area contributed by atoms with Crippen LogP contribution in [0.15, 0.2) is 29.2 Å². The molecule has 10 heteroatoms. The maximum atomic E-state index is 14.2. The molecule has 2 N–H and O–H groups in total. The van der Waals surface area contributed by atoms with Crippen molar-refractivity contribution in [3.8, 4) is 11.3 Å². The molecular formula is C28H40F3N3O3S. The standard InChI is InChI=1S/C28H40F3N3O3S/c1-18(2)16-32-26(35)22-15-24(34(19(22)3)17-20-10-8-7-9-11-20)21-12-13-25(23(14-21)28(29,30)31)38(36,37)33-27(4,5)6/h12-15,18,20,33H,7-11,16-17H2,1-6H3,(H,32,35). The molecule has 1 amide bonds. The lowest BCUT2D eigenvalue weighted by atomic mass is 9.89. The van der Waals surface area contributed by atoms with Gasteiger partial charge in [-0.05, 0) is 76.1 Å². The highest BCUT2D eigenvalue weighted by Crippen LogP contribution is 2.39. The summed E-state index contributed by atoms with van der Waals surface area (Å²) in [5, 5.41) is 2.90. The highest BCUT2D eigenvalue weighted by atomic mass is 32.2. The molecule has 1 aromatic carbocycles. The molecule has 1 aromatic heterocycles. The Morgan fingerprint density at radius 3 is 2.26 bits per heavy atom. The minimum atomic E-state index is -4.90. The van der Waals surface area contributed by atoms with Gasteiger partial charge in [0.2, 0.25) is 10.0 Å². The van der Waals surface area contributed by atoms with Gasteiger partial charge in [0.25, 0.3) is 5.91 Å². The van der Waals surface area contributed by atoms with Crippen molar-refractivity contribution in [1.29, 1.82) is 0 Å². The molecule has 212 valence electrons. The van der Waals surface area contributed by atoms with Crippen LogP contribution in [-0.2, 0) is 22.7 Å². The quantitative estimate of drug-likeness (QED) is 0.389. The summed E-state index contributed by atoms with van der Waals surface area (Å²) < 4.78 is 72.7. The van der Waals surface area contributed by atoms with E-state index in [1.165, 1.54) is 12.5 Å². The number of sulfonamides is 1. The number of carbonyl (C=O) groups is 1. The van der Waals surface area contributed by atoms with E-state index in [0.717, 1.165) is 37.8 Å². The molecule has 1 aliphatic rings. The fourth-order valence-electron chi connectivity index (χ4n) is 4.97. The van der Waals surface area contributed by atoms with Crippen LogP contribution in [0.4, 0.5) is 13.2 Å². The van der Waals surface area contributed by atoms with E-state index in [0.29, 0.717) is 36.0 Å². The number of halogens is 3. The number of nitrogens with one attached hydrogen (secondary N) is 2. The summed E-state index contributed by atoms with van der Waals surface area (Å²) in [7, 11) is -4.44. The van der Waals surface area contributed by atoms with Crippen LogP contribution in [-0.4, -0.2) is 31.0 Å². The molecule has 38 heavy (non-hydrogen) atoms. The molecule has 0 spiro atoms. The number of nitrogens with zero attached hydrogens (tertiary/aromatic N) is 1. The van der Waals surface area contributed by atoms with Crippen LogP contribution in [0.1, 0.15) is 88.3 Å². The first-order chi connectivity index (χ1) is 17.5. The number of benzene rings is 1. The van der Waals surface area contributed by atoms with E-state index in [1.54, 1.807) is 26.8 Å². The maximum Gasteiger partial charge on any atom is 0.417 e. The van der Waals surface area contributed by atoms with Crippen molar-refractivity contribution in [3.05, 3.63) is 41.1 Å². The zero-order valence-corrected chi connectivity index (χ0v) is 23.9. The molecule has 0 bridgehead atoms. The lowest BCUT2D eigenvalue weighted by molar-refractivity contribution is -0.139. The van der Waals surface area contributed by atoms with Gasteiger partial charge in [-0.3, -0.25) is 4.79 Å². The number of rotatable bonds is 8. The third kappa shape index (κ3) is 7.40. The molecule has 0 atom stereocenters. The molecule has 0 unspecified atom stereocenters. The lowest BCUT2D eigenvalue weighted by Gasteiger charge is -2.25. The van der Waals surface area contributed by atoms with Crippen molar-refractivity contribution < 1.29 is 26.4 Å². The summed E-state index contributed by atoms with van der Waals surface area (Å²) >= 11 is 0.